The van der Waals surface area contributed by atoms with Crippen LogP contribution in [0.3, 0.4) is 0 Å². The number of carbonyl (C=O) groups excluding carboxylic acids is 1. The van der Waals surface area contributed by atoms with Crippen LogP contribution in [0.1, 0.15) is 36.4 Å². The van der Waals surface area contributed by atoms with Gasteiger partial charge in [-0.05, 0) is 32.4 Å². The van der Waals surface area contributed by atoms with Gasteiger partial charge in [0, 0.05) is 6.04 Å². The lowest BCUT2D eigenvalue weighted by molar-refractivity contribution is 0.0938. The Kier molecular flexibility index (Phi) is 4.63. The molecule has 1 N–H and O–H groups in total. The van der Waals surface area contributed by atoms with Gasteiger partial charge in [0.25, 0.3) is 5.91 Å². The van der Waals surface area contributed by atoms with Gasteiger partial charge in [-0.3, -0.25) is 4.79 Å². The van der Waals surface area contributed by atoms with Crippen molar-refractivity contribution in [3.05, 3.63) is 40.4 Å². The Hall–Kier alpha value is -1.88. The molecule has 0 unspecified atom stereocenters. The van der Waals surface area contributed by atoms with Crippen molar-refractivity contribution >= 4 is 17.5 Å². The first-order valence-electron chi connectivity index (χ1n) is 6.67. The Morgan fingerprint density at radius 3 is 2.86 bits per heavy atom. The van der Waals surface area contributed by atoms with Crippen LogP contribution in [0, 0.1) is 12.7 Å². The third-order valence-electron chi connectivity index (χ3n) is 3.28. The molecule has 1 amide bonds. The van der Waals surface area contributed by atoms with Crippen molar-refractivity contribution in [3.8, 4) is 11.3 Å². The SMILES string of the molecule is CC[C@@H](C)NC(=O)c1c(-c2c(F)cccc2Cl)noc1C. The number of aryl methyl sites for hydroxylation is 1. The van der Waals surface area contributed by atoms with Crippen molar-refractivity contribution in [2.45, 2.75) is 33.2 Å². The largest absolute Gasteiger partial charge is 0.360 e. The number of hydrogen-bond donors (Lipinski definition) is 1. The van der Waals surface area contributed by atoms with Crippen LogP contribution >= 0.6 is 11.6 Å². The van der Waals surface area contributed by atoms with Crippen molar-refractivity contribution in [1.29, 1.82) is 0 Å². The number of hydrogen-bond acceptors (Lipinski definition) is 3. The Balaban J connectivity index is 2.50. The highest BCUT2D eigenvalue weighted by molar-refractivity contribution is 6.33. The lowest BCUT2D eigenvalue weighted by Crippen LogP contribution is -2.32. The van der Waals surface area contributed by atoms with Crippen LogP contribution in [0.25, 0.3) is 11.3 Å². The maximum atomic E-state index is 14.0. The van der Waals surface area contributed by atoms with E-state index < -0.39 is 5.82 Å². The summed E-state index contributed by atoms with van der Waals surface area (Å²) in [7, 11) is 0. The zero-order chi connectivity index (χ0) is 15.6. The van der Waals surface area contributed by atoms with Crippen LogP contribution in [-0.4, -0.2) is 17.1 Å². The fourth-order valence-electron chi connectivity index (χ4n) is 1.93. The van der Waals surface area contributed by atoms with E-state index in [1.165, 1.54) is 12.1 Å². The molecule has 4 nitrogen and oxygen atoms in total. The van der Waals surface area contributed by atoms with Gasteiger partial charge in [0.15, 0.2) is 0 Å². The molecule has 0 spiro atoms. The lowest BCUT2D eigenvalue weighted by atomic mass is 10.0. The molecule has 0 aliphatic carbocycles. The number of halogens is 2. The number of nitrogens with one attached hydrogen (secondary N) is 1. The van der Waals surface area contributed by atoms with E-state index in [1.54, 1.807) is 13.0 Å². The molecule has 1 aromatic carbocycles. The first-order valence-corrected chi connectivity index (χ1v) is 7.05. The molecule has 0 bridgehead atoms. The van der Waals surface area contributed by atoms with Gasteiger partial charge >= 0.3 is 0 Å². The summed E-state index contributed by atoms with van der Waals surface area (Å²) >= 11 is 6.03. The van der Waals surface area contributed by atoms with Crippen molar-refractivity contribution in [3.63, 3.8) is 0 Å². The van der Waals surface area contributed by atoms with Crippen LogP contribution in [0.2, 0.25) is 5.02 Å². The van der Waals surface area contributed by atoms with Crippen LogP contribution in [0.4, 0.5) is 4.39 Å². The molecular formula is C15H16ClFN2O2. The standard InChI is InChI=1S/C15H16ClFN2O2/c1-4-8(2)18-15(20)12-9(3)21-19-14(12)13-10(16)6-5-7-11(13)17/h5-8H,4H2,1-3H3,(H,18,20)/t8-/m1/s1. The summed E-state index contributed by atoms with van der Waals surface area (Å²) < 4.78 is 19.1. The second kappa shape index (κ2) is 6.26. The van der Waals surface area contributed by atoms with E-state index in [0.29, 0.717) is 5.76 Å². The van der Waals surface area contributed by atoms with Gasteiger partial charge < -0.3 is 9.84 Å². The molecule has 0 fully saturated rings. The molecule has 6 heteroatoms. The molecule has 1 aromatic heterocycles. The second-order valence-corrected chi connectivity index (χ2v) is 5.25. The minimum Gasteiger partial charge on any atom is -0.360 e. The average Bonchev–Trinajstić information content (AvgIpc) is 2.80. The van der Waals surface area contributed by atoms with E-state index in [2.05, 4.69) is 10.5 Å². The molecule has 1 heterocycles. The predicted octanol–water partition coefficient (Wildman–Crippen LogP) is 3.97. The lowest BCUT2D eigenvalue weighted by Gasteiger charge is -2.11. The minimum atomic E-state index is -0.548. The normalized spacial score (nSPS) is 12.2. The molecule has 112 valence electrons. The van der Waals surface area contributed by atoms with Gasteiger partial charge in [0.05, 0.1) is 10.6 Å². The minimum absolute atomic E-state index is 0.00394. The van der Waals surface area contributed by atoms with Crippen LogP contribution in [0.5, 0.6) is 0 Å². The maximum Gasteiger partial charge on any atom is 0.257 e. The van der Waals surface area contributed by atoms with Crippen molar-refractivity contribution < 1.29 is 13.7 Å². The summed E-state index contributed by atoms with van der Waals surface area (Å²) in [6, 6.07) is 4.30. The maximum absolute atomic E-state index is 14.0. The smallest absolute Gasteiger partial charge is 0.257 e. The van der Waals surface area contributed by atoms with Crippen LogP contribution in [0.15, 0.2) is 22.7 Å². The van der Waals surface area contributed by atoms with Crippen molar-refractivity contribution in [2.75, 3.05) is 0 Å². The summed E-state index contributed by atoms with van der Waals surface area (Å²) in [5.74, 6) is -0.573. The van der Waals surface area contributed by atoms with E-state index in [0.717, 1.165) is 6.42 Å². The van der Waals surface area contributed by atoms with E-state index in [9.17, 15) is 9.18 Å². The second-order valence-electron chi connectivity index (χ2n) is 4.84. The number of aromatic nitrogens is 1. The average molecular weight is 311 g/mol. The molecule has 2 rings (SSSR count). The fraction of sp³-hybridized carbons (Fsp3) is 0.333. The number of nitrogens with zero attached hydrogens (tertiary/aromatic N) is 1. The van der Waals surface area contributed by atoms with Gasteiger partial charge in [-0.25, -0.2) is 4.39 Å². The molecule has 2 aromatic rings. The fourth-order valence-corrected chi connectivity index (χ4v) is 2.18. The first kappa shape index (κ1) is 15.5. The molecule has 0 saturated heterocycles. The first-order chi connectivity index (χ1) is 9.95. The zero-order valence-electron chi connectivity index (χ0n) is 12.0. The van der Waals surface area contributed by atoms with E-state index in [4.69, 9.17) is 16.1 Å². The third-order valence-corrected chi connectivity index (χ3v) is 3.59. The van der Waals surface area contributed by atoms with E-state index in [-0.39, 0.29) is 33.8 Å². The molecule has 21 heavy (non-hydrogen) atoms. The Bertz CT molecular complexity index is 649. The number of rotatable bonds is 4. The van der Waals surface area contributed by atoms with Gasteiger partial charge in [0.1, 0.15) is 22.8 Å². The van der Waals surface area contributed by atoms with Gasteiger partial charge in [-0.2, -0.15) is 0 Å². The Morgan fingerprint density at radius 2 is 2.24 bits per heavy atom. The van der Waals surface area contributed by atoms with Crippen molar-refractivity contribution in [1.82, 2.24) is 10.5 Å². The molecule has 0 aliphatic heterocycles. The summed E-state index contributed by atoms with van der Waals surface area (Å²) in [6.45, 7) is 5.45. The summed E-state index contributed by atoms with van der Waals surface area (Å²) in [5.41, 5.74) is 0.407. The Labute approximate surface area is 127 Å². The molecule has 1 atom stereocenters. The highest BCUT2D eigenvalue weighted by Gasteiger charge is 2.25. The molecule has 0 aliphatic rings. The Morgan fingerprint density at radius 1 is 1.52 bits per heavy atom. The van der Waals surface area contributed by atoms with E-state index in [1.807, 2.05) is 13.8 Å². The monoisotopic (exact) mass is 310 g/mol. The van der Waals surface area contributed by atoms with Gasteiger partial charge in [0.2, 0.25) is 0 Å². The van der Waals surface area contributed by atoms with Gasteiger partial charge in [-0.15, -0.1) is 0 Å². The molecule has 0 radical (unpaired) electrons. The molecule has 0 saturated carbocycles. The topological polar surface area (TPSA) is 55.1 Å². The number of carbonyl (C=O) groups is 1. The summed E-state index contributed by atoms with van der Waals surface area (Å²) in [6.07, 6.45) is 0.784. The van der Waals surface area contributed by atoms with Crippen molar-refractivity contribution in [2.24, 2.45) is 0 Å². The molecular weight excluding hydrogens is 295 g/mol. The quantitative estimate of drug-likeness (QED) is 0.929. The highest BCUT2D eigenvalue weighted by atomic mass is 35.5. The third kappa shape index (κ3) is 3.08. The number of benzene rings is 1. The van der Waals surface area contributed by atoms with Crippen LogP contribution < -0.4 is 5.32 Å². The van der Waals surface area contributed by atoms with E-state index >= 15 is 0 Å². The zero-order valence-corrected chi connectivity index (χ0v) is 12.8. The predicted molar refractivity (Wildman–Crippen MR) is 78.9 cm³/mol. The summed E-state index contributed by atoms with van der Waals surface area (Å²) in [4.78, 5) is 12.3. The highest BCUT2D eigenvalue weighted by Crippen LogP contribution is 2.33. The summed E-state index contributed by atoms with van der Waals surface area (Å²) in [5, 5.41) is 6.80. The number of amides is 1. The van der Waals surface area contributed by atoms with Gasteiger partial charge in [-0.1, -0.05) is 29.7 Å². The van der Waals surface area contributed by atoms with Crippen LogP contribution in [-0.2, 0) is 0 Å².